The van der Waals surface area contributed by atoms with Gasteiger partial charge in [0.1, 0.15) is 0 Å². The summed E-state index contributed by atoms with van der Waals surface area (Å²) in [7, 11) is 0. The maximum atomic E-state index is 10.2. The number of amides is 1. The lowest BCUT2D eigenvalue weighted by Crippen LogP contribution is -2.21. The van der Waals surface area contributed by atoms with Gasteiger partial charge in [-0.25, -0.2) is 0 Å². The minimum atomic E-state index is 0.593. The van der Waals surface area contributed by atoms with Gasteiger partial charge < -0.3 is 5.32 Å². The molecule has 0 bridgehead atoms. The van der Waals surface area contributed by atoms with Gasteiger partial charge in [0.2, 0.25) is 6.41 Å². The van der Waals surface area contributed by atoms with Crippen molar-refractivity contribution < 1.29 is 4.79 Å². The third-order valence-electron chi connectivity index (χ3n) is 2.75. The number of rotatable bonds is 7. The van der Waals surface area contributed by atoms with E-state index in [0.29, 0.717) is 5.92 Å². The van der Waals surface area contributed by atoms with E-state index in [1.54, 1.807) is 0 Å². The van der Waals surface area contributed by atoms with Crippen molar-refractivity contribution in [2.75, 3.05) is 6.54 Å². The Morgan fingerprint density at radius 2 is 2.07 bits per heavy atom. The molecule has 82 valence electrons. The van der Waals surface area contributed by atoms with Gasteiger partial charge in [-0.3, -0.25) is 4.79 Å². The highest BCUT2D eigenvalue weighted by molar-refractivity contribution is 5.45. The average Bonchev–Trinajstić information content (AvgIpc) is 2.31. The van der Waals surface area contributed by atoms with Gasteiger partial charge in [-0.2, -0.15) is 0 Å². The van der Waals surface area contributed by atoms with Crippen molar-refractivity contribution in [1.29, 1.82) is 0 Å². The monoisotopic (exact) mass is 205 g/mol. The number of carbonyl (C=O) groups is 1. The normalized spacial score (nSPS) is 12.1. The van der Waals surface area contributed by atoms with Gasteiger partial charge in [-0.15, -0.1) is 0 Å². The number of benzene rings is 1. The molecule has 1 unspecified atom stereocenters. The number of nitrogens with one attached hydrogen (secondary N) is 1. The van der Waals surface area contributed by atoms with Crippen LogP contribution in [0.1, 0.15) is 25.3 Å². The molecule has 2 heteroatoms. The van der Waals surface area contributed by atoms with Crippen molar-refractivity contribution >= 4 is 6.41 Å². The molecule has 2 nitrogen and oxygen atoms in total. The summed E-state index contributed by atoms with van der Waals surface area (Å²) >= 11 is 0. The molecule has 0 radical (unpaired) electrons. The van der Waals surface area contributed by atoms with Gasteiger partial charge in [-0.1, -0.05) is 43.7 Å². The quantitative estimate of drug-likeness (QED) is 0.680. The van der Waals surface area contributed by atoms with Crippen LogP contribution < -0.4 is 5.32 Å². The molecule has 1 atom stereocenters. The molecular formula is C13H19NO. The highest BCUT2D eigenvalue weighted by atomic mass is 16.1. The standard InChI is InChI=1S/C13H19NO/c1-2-12(10-14-11-15)8-9-13-6-4-3-5-7-13/h3-7,11-12H,2,8-10H2,1H3,(H,14,15). The highest BCUT2D eigenvalue weighted by Gasteiger charge is 2.05. The Bertz CT molecular complexity index is 271. The van der Waals surface area contributed by atoms with Gasteiger partial charge in [0, 0.05) is 6.54 Å². The van der Waals surface area contributed by atoms with Crippen LogP contribution in [0.2, 0.25) is 0 Å². The fraction of sp³-hybridized carbons (Fsp3) is 0.462. The van der Waals surface area contributed by atoms with Crippen molar-refractivity contribution in [3.8, 4) is 0 Å². The third-order valence-corrected chi connectivity index (χ3v) is 2.75. The second kappa shape index (κ2) is 7.04. The van der Waals surface area contributed by atoms with E-state index in [1.807, 2.05) is 6.07 Å². The average molecular weight is 205 g/mol. The van der Waals surface area contributed by atoms with Crippen molar-refractivity contribution in [2.45, 2.75) is 26.2 Å². The van der Waals surface area contributed by atoms with E-state index in [-0.39, 0.29) is 0 Å². The molecule has 1 rings (SSSR count). The minimum Gasteiger partial charge on any atom is -0.358 e. The van der Waals surface area contributed by atoms with Gasteiger partial charge in [0.25, 0.3) is 0 Å². The molecule has 0 spiro atoms. The van der Waals surface area contributed by atoms with Crippen LogP contribution in [0.15, 0.2) is 30.3 Å². The molecule has 0 aliphatic carbocycles. The molecule has 0 aromatic heterocycles. The second-order valence-corrected chi connectivity index (χ2v) is 3.82. The largest absolute Gasteiger partial charge is 0.358 e. The SMILES string of the molecule is CCC(CCc1ccccc1)CNC=O. The molecule has 0 saturated carbocycles. The molecule has 1 amide bonds. The molecule has 0 saturated heterocycles. The molecule has 1 aromatic rings. The summed E-state index contributed by atoms with van der Waals surface area (Å²) in [5.74, 6) is 0.593. The topological polar surface area (TPSA) is 29.1 Å². The first-order valence-corrected chi connectivity index (χ1v) is 5.57. The summed E-state index contributed by atoms with van der Waals surface area (Å²) in [6, 6.07) is 10.5. The predicted molar refractivity (Wildman–Crippen MR) is 62.6 cm³/mol. The van der Waals surface area contributed by atoms with Crippen molar-refractivity contribution in [2.24, 2.45) is 5.92 Å². The van der Waals surface area contributed by atoms with Crippen molar-refractivity contribution in [3.63, 3.8) is 0 Å². The van der Waals surface area contributed by atoms with Gasteiger partial charge in [-0.05, 0) is 24.3 Å². The molecule has 1 N–H and O–H groups in total. The highest BCUT2D eigenvalue weighted by Crippen LogP contribution is 2.12. The van der Waals surface area contributed by atoms with E-state index in [9.17, 15) is 4.79 Å². The van der Waals surface area contributed by atoms with E-state index in [1.165, 1.54) is 5.56 Å². The first-order chi connectivity index (χ1) is 7.36. The van der Waals surface area contributed by atoms with Crippen LogP contribution >= 0.6 is 0 Å². The third kappa shape index (κ3) is 4.63. The lowest BCUT2D eigenvalue weighted by atomic mass is 9.97. The summed E-state index contributed by atoms with van der Waals surface area (Å²) in [5, 5.41) is 2.75. The van der Waals surface area contributed by atoms with Crippen LogP contribution in [-0.4, -0.2) is 13.0 Å². The van der Waals surface area contributed by atoms with Crippen LogP contribution in [0, 0.1) is 5.92 Å². The smallest absolute Gasteiger partial charge is 0.207 e. The number of aryl methyl sites for hydroxylation is 1. The maximum Gasteiger partial charge on any atom is 0.207 e. The Kier molecular flexibility index (Phi) is 5.52. The van der Waals surface area contributed by atoms with Crippen LogP contribution in [0.5, 0.6) is 0 Å². The Labute approximate surface area is 91.7 Å². The van der Waals surface area contributed by atoms with Gasteiger partial charge in [0.05, 0.1) is 0 Å². The Hall–Kier alpha value is -1.31. The van der Waals surface area contributed by atoms with Gasteiger partial charge in [0.15, 0.2) is 0 Å². The minimum absolute atomic E-state index is 0.593. The van der Waals surface area contributed by atoms with E-state index >= 15 is 0 Å². The molecule has 1 aromatic carbocycles. The fourth-order valence-electron chi connectivity index (χ4n) is 1.68. The first-order valence-electron chi connectivity index (χ1n) is 5.57. The summed E-state index contributed by atoms with van der Waals surface area (Å²) in [5.41, 5.74) is 1.38. The zero-order valence-electron chi connectivity index (χ0n) is 9.28. The molecule has 0 aliphatic heterocycles. The lowest BCUT2D eigenvalue weighted by Gasteiger charge is -2.13. The van der Waals surface area contributed by atoms with E-state index in [4.69, 9.17) is 0 Å². The molecule has 0 heterocycles. The number of hydrogen-bond donors (Lipinski definition) is 1. The Morgan fingerprint density at radius 1 is 1.33 bits per heavy atom. The van der Waals surface area contributed by atoms with Crippen LogP contribution in [0.3, 0.4) is 0 Å². The summed E-state index contributed by atoms with van der Waals surface area (Å²) in [4.78, 5) is 10.2. The first kappa shape index (κ1) is 11.8. The molecule has 0 fully saturated rings. The second-order valence-electron chi connectivity index (χ2n) is 3.82. The molecule has 15 heavy (non-hydrogen) atoms. The summed E-state index contributed by atoms with van der Waals surface area (Å²) in [6.07, 6.45) is 4.14. The maximum absolute atomic E-state index is 10.2. The Balaban J connectivity index is 2.31. The van der Waals surface area contributed by atoms with Gasteiger partial charge >= 0.3 is 0 Å². The predicted octanol–water partition coefficient (Wildman–Crippen LogP) is 2.39. The number of hydrogen-bond acceptors (Lipinski definition) is 1. The van der Waals surface area contributed by atoms with E-state index < -0.39 is 0 Å². The van der Waals surface area contributed by atoms with Crippen molar-refractivity contribution in [3.05, 3.63) is 35.9 Å². The fourth-order valence-corrected chi connectivity index (χ4v) is 1.68. The van der Waals surface area contributed by atoms with Crippen LogP contribution in [0.4, 0.5) is 0 Å². The number of carbonyl (C=O) groups excluding carboxylic acids is 1. The van der Waals surface area contributed by atoms with Crippen molar-refractivity contribution in [1.82, 2.24) is 5.32 Å². The zero-order chi connectivity index (χ0) is 10.9. The molecule has 0 aliphatic rings. The van der Waals surface area contributed by atoms with Crippen LogP contribution in [-0.2, 0) is 11.2 Å². The lowest BCUT2D eigenvalue weighted by molar-refractivity contribution is -0.109. The van der Waals surface area contributed by atoms with E-state index in [0.717, 1.165) is 32.2 Å². The summed E-state index contributed by atoms with van der Waals surface area (Å²) in [6.45, 7) is 2.97. The Morgan fingerprint density at radius 3 is 2.67 bits per heavy atom. The zero-order valence-corrected chi connectivity index (χ0v) is 9.28. The van der Waals surface area contributed by atoms with Crippen LogP contribution in [0.25, 0.3) is 0 Å². The molecular weight excluding hydrogens is 186 g/mol. The van der Waals surface area contributed by atoms with E-state index in [2.05, 4.69) is 36.5 Å². The summed E-state index contributed by atoms with van der Waals surface area (Å²) < 4.78 is 0.